The molecule has 0 atom stereocenters. The Balaban J connectivity index is 0.000000251. The lowest BCUT2D eigenvalue weighted by Gasteiger charge is -2.23. The Morgan fingerprint density at radius 3 is 2.12 bits per heavy atom. The van der Waals surface area contributed by atoms with Crippen molar-refractivity contribution in [1.82, 2.24) is 0 Å². The van der Waals surface area contributed by atoms with E-state index in [-0.39, 0.29) is 6.61 Å². The van der Waals surface area contributed by atoms with E-state index in [1.54, 1.807) is 12.1 Å². The molecule has 2 rings (SSSR count). The van der Waals surface area contributed by atoms with Crippen LogP contribution < -0.4 is 0 Å². The highest BCUT2D eigenvalue weighted by Gasteiger charge is 2.16. The van der Waals surface area contributed by atoms with E-state index >= 15 is 0 Å². The van der Waals surface area contributed by atoms with Crippen LogP contribution in [-0.4, -0.2) is 13.0 Å². The fourth-order valence-electron chi connectivity index (χ4n) is 2.01. The lowest BCUT2D eigenvalue weighted by atomic mass is 9.82. The average Bonchev–Trinajstić information content (AvgIpc) is 2.54. The van der Waals surface area contributed by atoms with Gasteiger partial charge in [-0.3, -0.25) is 4.18 Å². The van der Waals surface area contributed by atoms with Gasteiger partial charge in [-0.05, 0) is 70.2 Å². The van der Waals surface area contributed by atoms with Crippen molar-refractivity contribution >= 4 is 33.0 Å². The highest BCUT2D eigenvalue weighted by molar-refractivity contribution is 14.1. The first-order valence-electron chi connectivity index (χ1n) is 7.96. The van der Waals surface area contributed by atoms with Crippen molar-refractivity contribution in [2.45, 2.75) is 46.1 Å². The van der Waals surface area contributed by atoms with Gasteiger partial charge in [0.2, 0.25) is 10.4 Å². The summed E-state index contributed by atoms with van der Waals surface area (Å²) in [7, 11) is -4.59. The van der Waals surface area contributed by atoms with Gasteiger partial charge in [-0.15, -0.1) is 0 Å². The Bertz CT molecular complexity index is 768. The zero-order valence-electron chi connectivity index (χ0n) is 15.0. The molecule has 0 saturated carbocycles. The van der Waals surface area contributed by atoms with E-state index < -0.39 is 10.4 Å². The molecule has 0 aromatic heterocycles. The second kappa shape index (κ2) is 9.66. The molecule has 0 bridgehead atoms. The van der Waals surface area contributed by atoms with Gasteiger partial charge in [-0.2, -0.15) is 0 Å². The molecule has 0 fully saturated rings. The van der Waals surface area contributed by atoms with Crippen LogP contribution in [-0.2, 0) is 26.6 Å². The summed E-state index contributed by atoms with van der Waals surface area (Å²) in [5.74, 6) is 0. The second-order valence-corrected chi connectivity index (χ2v) is 8.64. The maximum absolute atomic E-state index is 10.1. The molecule has 25 heavy (non-hydrogen) atoms. The predicted molar refractivity (Wildman–Crippen MR) is 108 cm³/mol. The van der Waals surface area contributed by atoms with Gasteiger partial charge in [0.1, 0.15) is 0 Å². The summed E-state index contributed by atoms with van der Waals surface area (Å²) in [6.45, 7) is 8.43. The first kappa shape index (κ1) is 22.1. The van der Waals surface area contributed by atoms with Crippen LogP contribution in [0.5, 0.6) is 0 Å². The van der Waals surface area contributed by atoms with E-state index in [4.69, 9.17) is 0 Å². The number of aryl methyl sites for hydroxylation is 1. The van der Waals surface area contributed by atoms with Crippen LogP contribution in [0.3, 0.4) is 0 Å². The van der Waals surface area contributed by atoms with E-state index in [0.717, 1.165) is 5.56 Å². The standard InChI is InChI=1S/C11H15I.C8H10O4S/c1-4-11(2,3)9-5-7-10(12)8-6-9;1-7-4-2-3-5-8(7)6-12-13(9,10)11/h5-8H,4H2,1-3H3;2-5H,6H2,1H3,(H,9,10,11)/p-1. The van der Waals surface area contributed by atoms with Crippen molar-refractivity contribution in [3.05, 3.63) is 68.8 Å². The fraction of sp³-hybridized carbons (Fsp3) is 0.368. The Morgan fingerprint density at radius 1 is 1.08 bits per heavy atom. The molecule has 0 aliphatic carbocycles. The minimum absolute atomic E-state index is 0.196. The smallest absolute Gasteiger partial charge is 0.217 e. The molecule has 2 aromatic rings. The summed E-state index contributed by atoms with van der Waals surface area (Å²) >= 11 is 2.34. The third-order valence-corrected chi connectivity index (χ3v) is 5.26. The molecule has 138 valence electrons. The number of benzene rings is 2. The summed E-state index contributed by atoms with van der Waals surface area (Å²) in [6.07, 6.45) is 1.19. The topological polar surface area (TPSA) is 66.4 Å². The van der Waals surface area contributed by atoms with Crippen molar-refractivity contribution in [3.63, 3.8) is 0 Å². The molecule has 0 aliphatic rings. The van der Waals surface area contributed by atoms with Gasteiger partial charge < -0.3 is 4.55 Å². The molecule has 6 heteroatoms. The SMILES string of the molecule is CCC(C)(C)c1ccc(I)cc1.Cc1ccccc1COS(=O)(=O)[O-]. The largest absolute Gasteiger partial charge is 0.726 e. The van der Waals surface area contributed by atoms with Crippen molar-refractivity contribution < 1.29 is 17.2 Å². The van der Waals surface area contributed by atoms with Crippen molar-refractivity contribution in [2.24, 2.45) is 0 Å². The van der Waals surface area contributed by atoms with Gasteiger partial charge in [0.15, 0.2) is 0 Å². The molecule has 0 spiro atoms. The van der Waals surface area contributed by atoms with Gasteiger partial charge in [-0.25, -0.2) is 8.42 Å². The van der Waals surface area contributed by atoms with Crippen LogP contribution in [0.4, 0.5) is 0 Å². The molecule has 0 amide bonds. The van der Waals surface area contributed by atoms with E-state index in [1.165, 1.54) is 15.6 Å². The maximum atomic E-state index is 10.1. The van der Waals surface area contributed by atoms with Gasteiger partial charge in [0.25, 0.3) is 0 Å². The first-order chi connectivity index (χ1) is 11.5. The molecule has 0 radical (unpaired) electrons. The zero-order valence-corrected chi connectivity index (χ0v) is 17.9. The molecular formula is C19H24IO4S-. The lowest BCUT2D eigenvalue weighted by Crippen LogP contribution is -2.14. The predicted octanol–water partition coefficient (Wildman–Crippen LogP) is 4.95. The van der Waals surface area contributed by atoms with Gasteiger partial charge in [0, 0.05) is 3.57 Å². The van der Waals surface area contributed by atoms with Crippen molar-refractivity contribution in [3.8, 4) is 0 Å². The lowest BCUT2D eigenvalue weighted by molar-refractivity contribution is 0.252. The number of hydrogen-bond acceptors (Lipinski definition) is 4. The monoisotopic (exact) mass is 475 g/mol. The van der Waals surface area contributed by atoms with Crippen LogP contribution in [0, 0.1) is 10.5 Å². The van der Waals surface area contributed by atoms with Crippen LogP contribution in [0.15, 0.2) is 48.5 Å². The molecule has 0 N–H and O–H groups in total. The quantitative estimate of drug-likeness (QED) is 0.349. The summed E-state index contributed by atoms with van der Waals surface area (Å²) in [4.78, 5) is 0. The van der Waals surface area contributed by atoms with Crippen LogP contribution in [0.1, 0.15) is 43.9 Å². The van der Waals surface area contributed by atoms with Gasteiger partial charge in [-0.1, -0.05) is 57.2 Å². The summed E-state index contributed by atoms with van der Waals surface area (Å²) in [6, 6.07) is 15.9. The molecular weight excluding hydrogens is 451 g/mol. The Kier molecular flexibility index (Phi) is 8.53. The van der Waals surface area contributed by atoms with E-state index in [0.29, 0.717) is 11.0 Å². The van der Waals surface area contributed by atoms with Crippen molar-refractivity contribution in [1.29, 1.82) is 0 Å². The van der Waals surface area contributed by atoms with E-state index in [1.807, 2.05) is 19.1 Å². The fourth-order valence-corrected chi connectivity index (χ4v) is 2.64. The van der Waals surface area contributed by atoms with E-state index in [2.05, 4.69) is 71.8 Å². The molecule has 0 saturated heterocycles. The third kappa shape index (κ3) is 8.31. The molecule has 0 unspecified atom stereocenters. The minimum Gasteiger partial charge on any atom is -0.726 e. The van der Waals surface area contributed by atoms with Crippen molar-refractivity contribution in [2.75, 3.05) is 0 Å². The highest BCUT2D eigenvalue weighted by atomic mass is 127. The van der Waals surface area contributed by atoms with Crippen LogP contribution >= 0.6 is 22.6 Å². The Labute approximate surface area is 164 Å². The molecule has 4 nitrogen and oxygen atoms in total. The zero-order chi connectivity index (χ0) is 19.1. The van der Waals surface area contributed by atoms with Crippen LogP contribution in [0.2, 0.25) is 0 Å². The molecule has 2 aromatic carbocycles. The second-order valence-electron chi connectivity index (χ2n) is 6.34. The number of rotatable bonds is 5. The number of halogens is 1. The summed E-state index contributed by atoms with van der Waals surface area (Å²) in [5.41, 5.74) is 3.35. The molecule has 0 aliphatic heterocycles. The van der Waals surface area contributed by atoms with Crippen LogP contribution in [0.25, 0.3) is 0 Å². The van der Waals surface area contributed by atoms with Gasteiger partial charge in [0.05, 0.1) is 6.61 Å². The van der Waals surface area contributed by atoms with E-state index in [9.17, 15) is 13.0 Å². The summed E-state index contributed by atoms with van der Waals surface area (Å²) < 4.78 is 35.8. The Morgan fingerprint density at radius 2 is 1.64 bits per heavy atom. The number of hydrogen-bond donors (Lipinski definition) is 0. The highest BCUT2D eigenvalue weighted by Crippen LogP contribution is 2.26. The molecule has 0 heterocycles. The van der Waals surface area contributed by atoms with Gasteiger partial charge >= 0.3 is 0 Å². The average molecular weight is 475 g/mol. The first-order valence-corrected chi connectivity index (χ1v) is 10.4. The summed E-state index contributed by atoms with van der Waals surface area (Å²) in [5, 5.41) is 0. The Hall–Kier alpha value is -0.960. The normalized spacial score (nSPS) is 11.6. The maximum Gasteiger partial charge on any atom is 0.217 e. The third-order valence-electron chi connectivity index (χ3n) is 4.13. The minimum atomic E-state index is -4.59.